The SMILES string of the molecule is C=C1CN=CC(C(F)(F)F)=CC1C(=O)Nc1ccc(C)c(-c2ccnc(Cl)c2)c1. The van der Waals surface area contributed by atoms with Gasteiger partial charge in [-0.15, -0.1) is 0 Å². The number of rotatable bonds is 3. The molecule has 1 aromatic carbocycles. The normalized spacial score (nSPS) is 16.9. The van der Waals surface area contributed by atoms with Gasteiger partial charge in [0.15, 0.2) is 0 Å². The number of hydrogen-bond donors (Lipinski definition) is 1. The van der Waals surface area contributed by atoms with Crippen LogP contribution < -0.4 is 5.32 Å². The van der Waals surface area contributed by atoms with Crippen LogP contribution in [0.25, 0.3) is 11.1 Å². The number of alkyl halides is 3. The lowest BCUT2D eigenvalue weighted by molar-refractivity contribution is -0.117. The molecule has 29 heavy (non-hydrogen) atoms. The Morgan fingerprint density at radius 2 is 2.03 bits per heavy atom. The third-order valence-electron chi connectivity index (χ3n) is 4.46. The number of amides is 1. The van der Waals surface area contributed by atoms with Gasteiger partial charge >= 0.3 is 6.18 Å². The molecule has 1 unspecified atom stereocenters. The van der Waals surface area contributed by atoms with Gasteiger partial charge in [0.1, 0.15) is 5.15 Å². The van der Waals surface area contributed by atoms with Crippen LogP contribution in [0.4, 0.5) is 18.9 Å². The minimum absolute atomic E-state index is 0.0527. The second-order valence-corrected chi connectivity index (χ2v) is 7.00. The van der Waals surface area contributed by atoms with Crippen LogP contribution in [0.15, 0.2) is 65.3 Å². The molecule has 0 bridgehead atoms. The topological polar surface area (TPSA) is 54.4 Å². The van der Waals surface area contributed by atoms with Crippen molar-refractivity contribution in [3.8, 4) is 11.1 Å². The van der Waals surface area contributed by atoms with Crippen LogP contribution in [0.1, 0.15) is 5.56 Å². The number of nitrogens with zero attached hydrogens (tertiary/aromatic N) is 2. The molecule has 0 saturated heterocycles. The second kappa shape index (κ2) is 8.21. The summed E-state index contributed by atoms with van der Waals surface area (Å²) in [5.74, 6) is -1.75. The molecule has 0 radical (unpaired) electrons. The highest BCUT2D eigenvalue weighted by molar-refractivity contribution is 6.29. The number of anilines is 1. The number of aliphatic imine (C=N–C) groups is 1. The van der Waals surface area contributed by atoms with E-state index in [-0.39, 0.29) is 12.1 Å². The highest BCUT2D eigenvalue weighted by Crippen LogP contribution is 2.31. The summed E-state index contributed by atoms with van der Waals surface area (Å²) < 4.78 is 39.3. The fourth-order valence-corrected chi connectivity index (χ4v) is 3.10. The molecule has 0 aliphatic carbocycles. The maximum Gasteiger partial charge on any atom is 0.417 e. The van der Waals surface area contributed by atoms with Crippen molar-refractivity contribution in [2.75, 3.05) is 11.9 Å². The Balaban J connectivity index is 1.89. The van der Waals surface area contributed by atoms with E-state index >= 15 is 0 Å². The van der Waals surface area contributed by atoms with Crippen LogP contribution in [0, 0.1) is 12.8 Å². The molecule has 2 heterocycles. The van der Waals surface area contributed by atoms with E-state index in [0.717, 1.165) is 29.0 Å². The summed E-state index contributed by atoms with van der Waals surface area (Å²) in [6.07, 6.45) is -1.44. The Morgan fingerprint density at radius 3 is 2.72 bits per heavy atom. The molecule has 0 fully saturated rings. The lowest BCUT2D eigenvalue weighted by Gasteiger charge is -2.16. The van der Waals surface area contributed by atoms with Crippen LogP contribution in [0.5, 0.6) is 0 Å². The number of carbonyl (C=O) groups excluding carboxylic acids is 1. The van der Waals surface area contributed by atoms with E-state index in [9.17, 15) is 18.0 Å². The third-order valence-corrected chi connectivity index (χ3v) is 4.67. The second-order valence-electron chi connectivity index (χ2n) is 6.61. The van der Waals surface area contributed by atoms with Crippen LogP contribution in [0.3, 0.4) is 0 Å². The van der Waals surface area contributed by atoms with E-state index in [1.54, 1.807) is 36.5 Å². The summed E-state index contributed by atoms with van der Waals surface area (Å²) in [5.41, 5.74) is 2.34. The zero-order valence-corrected chi connectivity index (χ0v) is 16.2. The van der Waals surface area contributed by atoms with Crippen molar-refractivity contribution in [1.29, 1.82) is 0 Å². The molecule has 4 nitrogen and oxygen atoms in total. The van der Waals surface area contributed by atoms with Crippen molar-refractivity contribution in [1.82, 2.24) is 4.98 Å². The number of aryl methyl sites for hydroxylation is 1. The van der Waals surface area contributed by atoms with Crippen LogP contribution in [-0.2, 0) is 4.79 Å². The van der Waals surface area contributed by atoms with Gasteiger partial charge in [-0.3, -0.25) is 9.79 Å². The summed E-state index contributed by atoms with van der Waals surface area (Å²) >= 11 is 5.95. The van der Waals surface area contributed by atoms with E-state index in [1.807, 2.05) is 6.92 Å². The van der Waals surface area contributed by atoms with E-state index in [0.29, 0.717) is 10.8 Å². The zero-order chi connectivity index (χ0) is 21.2. The summed E-state index contributed by atoms with van der Waals surface area (Å²) in [7, 11) is 0. The molecule has 0 spiro atoms. The lowest BCUT2D eigenvalue weighted by atomic mass is 9.96. The first-order valence-electron chi connectivity index (χ1n) is 8.65. The number of allylic oxidation sites excluding steroid dienone is 1. The first kappa shape index (κ1) is 20.8. The molecule has 1 aromatic heterocycles. The predicted molar refractivity (Wildman–Crippen MR) is 108 cm³/mol. The highest BCUT2D eigenvalue weighted by atomic mass is 35.5. The Labute approximate surface area is 170 Å². The van der Waals surface area contributed by atoms with Crippen molar-refractivity contribution < 1.29 is 18.0 Å². The average molecular weight is 420 g/mol. The van der Waals surface area contributed by atoms with Gasteiger partial charge < -0.3 is 5.32 Å². The Hall–Kier alpha value is -2.93. The molecular weight excluding hydrogens is 403 g/mol. The first-order valence-corrected chi connectivity index (χ1v) is 9.03. The summed E-state index contributed by atoms with van der Waals surface area (Å²) in [4.78, 5) is 20.4. The number of nitrogens with one attached hydrogen (secondary N) is 1. The fraction of sp³-hybridized carbons (Fsp3) is 0.190. The summed E-state index contributed by atoms with van der Waals surface area (Å²) in [6, 6.07) is 8.70. The van der Waals surface area contributed by atoms with Crippen molar-refractivity contribution in [2.24, 2.45) is 10.9 Å². The molecular formula is C21H17ClF3N3O. The van der Waals surface area contributed by atoms with Crippen molar-refractivity contribution >= 4 is 29.4 Å². The molecule has 8 heteroatoms. The molecule has 2 aromatic rings. The van der Waals surface area contributed by atoms with Crippen LogP contribution >= 0.6 is 11.6 Å². The zero-order valence-electron chi connectivity index (χ0n) is 15.4. The Bertz CT molecular complexity index is 1030. The summed E-state index contributed by atoms with van der Waals surface area (Å²) in [6.45, 7) is 5.56. The van der Waals surface area contributed by atoms with Crippen LogP contribution in [-0.4, -0.2) is 29.8 Å². The highest BCUT2D eigenvalue weighted by Gasteiger charge is 2.35. The predicted octanol–water partition coefficient (Wildman–Crippen LogP) is 5.39. The average Bonchev–Trinajstić information content (AvgIpc) is 2.85. The van der Waals surface area contributed by atoms with Gasteiger partial charge in [0, 0.05) is 18.1 Å². The molecule has 0 saturated carbocycles. The standard InChI is InChI=1S/C21H17ClF3N3O/c1-12-3-4-16(9-17(12)14-5-6-27-19(22)7-14)28-20(29)18-8-15(21(23,24)25)11-26-10-13(18)2/h3-9,11,18H,2,10H2,1H3,(H,28,29). The Kier molecular flexibility index (Phi) is 5.88. The minimum atomic E-state index is -4.59. The van der Waals surface area contributed by atoms with Gasteiger partial charge in [0.05, 0.1) is 18.0 Å². The van der Waals surface area contributed by atoms with Crippen LogP contribution in [0.2, 0.25) is 5.15 Å². The van der Waals surface area contributed by atoms with E-state index in [2.05, 4.69) is 21.9 Å². The van der Waals surface area contributed by atoms with Crippen molar-refractivity contribution in [2.45, 2.75) is 13.1 Å². The van der Waals surface area contributed by atoms with E-state index in [1.165, 1.54) is 0 Å². The van der Waals surface area contributed by atoms with Crippen molar-refractivity contribution in [3.63, 3.8) is 0 Å². The van der Waals surface area contributed by atoms with Gasteiger partial charge in [-0.1, -0.05) is 30.3 Å². The van der Waals surface area contributed by atoms with E-state index < -0.39 is 23.6 Å². The van der Waals surface area contributed by atoms with Gasteiger partial charge in [-0.05, 0) is 53.5 Å². The van der Waals surface area contributed by atoms with Gasteiger partial charge in [-0.2, -0.15) is 13.2 Å². The first-order chi connectivity index (χ1) is 13.6. The van der Waals surface area contributed by atoms with Gasteiger partial charge in [-0.25, -0.2) is 4.98 Å². The number of pyridine rings is 1. The van der Waals surface area contributed by atoms with Gasteiger partial charge in [0.25, 0.3) is 0 Å². The fourth-order valence-electron chi connectivity index (χ4n) is 2.93. The molecule has 1 N–H and O–H groups in total. The van der Waals surface area contributed by atoms with E-state index in [4.69, 9.17) is 11.6 Å². The number of hydrogen-bond acceptors (Lipinski definition) is 3. The third kappa shape index (κ3) is 4.92. The number of carbonyl (C=O) groups is 1. The maximum atomic E-state index is 13.1. The number of aromatic nitrogens is 1. The van der Waals surface area contributed by atoms with Crippen molar-refractivity contribution in [3.05, 3.63) is 71.0 Å². The number of halogens is 4. The number of benzene rings is 1. The Morgan fingerprint density at radius 1 is 1.28 bits per heavy atom. The largest absolute Gasteiger partial charge is 0.417 e. The maximum absolute atomic E-state index is 13.1. The smallest absolute Gasteiger partial charge is 0.325 e. The lowest BCUT2D eigenvalue weighted by Crippen LogP contribution is -2.25. The molecule has 1 atom stereocenters. The molecule has 150 valence electrons. The summed E-state index contributed by atoms with van der Waals surface area (Å²) in [5, 5.41) is 3.01. The minimum Gasteiger partial charge on any atom is -0.325 e. The molecule has 1 aliphatic rings. The van der Waals surface area contributed by atoms with Gasteiger partial charge in [0.2, 0.25) is 5.91 Å². The quantitative estimate of drug-likeness (QED) is 0.535. The molecule has 1 amide bonds. The molecule has 1 aliphatic heterocycles. The molecule has 3 rings (SSSR count). The monoisotopic (exact) mass is 419 g/mol.